The Morgan fingerprint density at radius 1 is 1.16 bits per heavy atom. The molecule has 0 saturated carbocycles. The first-order valence-corrected chi connectivity index (χ1v) is 6.67. The summed E-state index contributed by atoms with van der Waals surface area (Å²) in [6.45, 7) is 6.09. The molecular weight excluding hydrogens is 250 g/mol. The average molecular weight is 271 g/mol. The highest BCUT2D eigenvalue weighted by Gasteiger charge is 2.38. The molecule has 2 atom stereocenters. The predicted octanol–water partition coefficient (Wildman–Crippen LogP) is 0.740. The maximum atomic E-state index is 11.9. The van der Waals surface area contributed by atoms with Gasteiger partial charge in [-0.1, -0.05) is 0 Å². The summed E-state index contributed by atoms with van der Waals surface area (Å²) < 4.78 is 9.70. The largest absolute Gasteiger partial charge is 0.466 e. The second kappa shape index (κ2) is 7.11. The van der Waals surface area contributed by atoms with E-state index in [0.29, 0.717) is 26.0 Å². The molecule has 6 heteroatoms. The van der Waals surface area contributed by atoms with Gasteiger partial charge in [-0.15, -0.1) is 0 Å². The van der Waals surface area contributed by atoms with Crippen molar-refractivity contribution in [2.75, 3.05) is 19.8 Å². The minimum Gasteiger partial charge on any atom is -0.466 e. The number of nitrogens with zero attached hydrogens (tertiary/aromatic N) is 1. The van der Waals surface area contributed by atoms with Crippen LogP contribution in [0.3, 0.4) is 0 Å². The van der Waals surface area contributed by atoms with E-state index in [-0.39, 0.29) is 24.5 Å². The molecular formula is C13H21NO5. The number of hydrogen-bond acceptors (Lipinski definition) is 5. The molecule has 0 aromatic heterocycles. The van der Waals surface area contributed by atoms with Gasteiger partial charge in [0.05, 0.1) is 19.1 Å². The molecule has 1 amide bonds. The molecule has 1 aliphatic rings. The zero-order valence-electron chi connectivity index (χ0n) is 11.7. The summed E-state index contributed by atoms with van der Waals surface area (Å²) in [6.07, 6.45) is 1.35. The Bertz CT molecular complexity index is 355. The van der Waals surface area contributed by atoms with E-state index in [9.17, 15) is 14.4 Å². The van der Waals surface area contributed by atoms with Crippen molar-refractivity contribution in [3.8, 4) is 0 Å². The van der Waals surface area contributed by atoms with Gasteiger partial charge in [-0.05, 0) is 33.6 Å². The summed E-state index contributed by atoms with van der Waals surface area (Å²) in [5, 5.41) is 0. The first kappa shape index (κ1) is 15.5. The Hall–Kier alpha value is -1.59. The van der Waals surface area contributed by atoms with Gasteiger partial charge in [0.1, 0.15) is 0 Å². The van der Waals surface area contributed by atoms with E-state index in [1.165, 1.54) is 4.90 Å². The van der Waals surface area contributed by atoms with Crippen molar-refractivity contribution in [3.05, 3.63) is 0 Å². The summed E-state index contributed by atoms with van der Waals surface area (Å²) in [5.41, 5.74) is 0. The van der Waals surface area contributed by atoms with Gasteiger partial charge in [0.2, 0.25) is 0 Å². The number of ether oxygens (including phenoxy) is 2. The van der Waals surface area contributed by atoms with E-state index in [0.717, 1.165) is 0 Å². The molecule has 0 aromatic rings. The molecule has 1 saturated heterocycles. The average Bonchev–Trinajstić information content (AvgIpc) is 2.38. The molecule has 1 aliphatic heterocycles. The van der Waals surface area contributed by atoms with Crippen LogP contribution in [-0.2, 0) is 23.9 Å². The lowest BCUT2D eigenvalue weighted by atomic mass is 9.90. The third-order valence-electron chi connectivity index (χ3n) is 3.29. The lowest BCUT2D eigenvalue weighted by molar-refractivity contribution is -0.165. The van der Waals surface area contributed by atoms with Crippen LogP contribution < -0.4 is 0 Å². The van der Waals surface area contributed by atoms with Gasteiger partial charge < -0.3 is 14.4 Å². The van der Waals surface area contributed by atoms with Crippen LogP contribution in [0.1, 0.15) is 33.6 Å². The molecule has 0 bridgehead atoms. The van der Waals surface area contributed by atoms with Gasteiger partial charge in [0.15, 0.2) is 0 Å². The Morgan fingerprint density at radius 2 is 1.79 bits per heavy atom. The normalized spacial score (nSPS) is 22.8. The third kappa shape index (κ3) is 3.68. The highest BCUT2D eigenvalue weighted by molar-refractivity contribution is 6.32. The van der Waals surface area contributed by atoms with Crippen molar-refractivity contribution in [2.45, 2.75) is 39.7 Å². The van der Waals surface area contributed by atoms with Crippen LogP contribution in [0, 0.1) is 5.92 Å². The third-order valence-corrected chi connectivity index (χ3v) is 3.29. The van der Waals surface area contributed by atoms with E-state index >= 15 is 0 Å². The summed E-state index contributed by atoms with van der Waals surface area (Å²) in [4.78, 5) is 36.6. The van der Waals surface area contributed by atoms with Crippen LogP contribution in [0.25, 0.3) is 0 Å². The molecule has 2 unspecified atom stereocenters. The molecule has 108 valence electrons. The number of esters is 2. The number of hydrogen-bond donors (Lipinski definition) is 0. The SMILES string of the molecule is CCOC(=O)C(=O)N1CCCC(C(=O)OCC)C1C. The number of carbonyl (C=O) groups is 3. The van der Waals surface area contributed by atoms with Gasteiger partial charge in [-0.2, -0.15) is 0 Å². The molecule has 1 fully saturated rings. The van der Waals surface area contributed by atoms with Gasteiger partial charge >= 0.3 is 17.8 Å². The number of piperidine rings is 1. The maximum absolute atomic E-state index is 11.9. The van der Waals surface area contributed by atoms with E-state index in [2.05, 4.69) is 0 Å². The summed E-state index contributed by atoms with van der Waals surface area (Å²) in [7, 11) is 0. The molecule has 1 heterocycles. The van der Waals surface area contributed by atoms with Crippen LogP contribution in [0.15, 0.2) is 0 Å². The predicted molar refractivity (Wildman–Crippen MR) is 67.2 cm³/mol. The lowest BCUT2D eigenvalue weighted by Gasteiger charge is -2.37. The first-order chi connectivity index (χ1) is 9.02. The lowest BCUT2D eigenvalue weighted by Crippen LogP contribution is -2.51. The molecule has 19 heavy (non-hydrogen) atoms. The zero-order chi connectivity index (χ0) is 14.4. The number of rotatable bonds is 3. The minimum atomic E-state index is -0.862. The van der Waals surface area contributed by atoms with E-state index in [1.807, 2.05) is 0 Å². The fourth-order valence-corrected chi connectivity index (χ4v) is 2.30. The van der Waals surface area contributed by atoms with Crippen LogP contribution in [0.2, 0.25) is 0 Å². The van der Waals surface area contributed by atoms with E-state index in [1.54, 1.807) is 20.8 Å². The molecule has 0 aliphatic carbocycles. The molecule has 0 spiro atoms. The number of likely N-dealkylation sites (tertiary alicyclic amines) is 1. The van der Waals surface area contributed by atoms with E-state index < -0.39 is 11.9 Å². The first-order valence-electron chi connectivity index (χ1n) is 6.67. The molecule has 6 nitrogen and oxygen atoms in total. The van der Waals surface area contributed by atoms with Gasteiger partial charge in [-0.25, -0.2) is 4.79 Å². The fraction of sp³-hybridized carbons (Fsp3) is 0.769. The molecule has 0 aromatic carbocycles. The Labute approximate surface area is 113 Å². The summed E-state index contributed by atoms with van der Waals surface area (Å²) in [5.74, 6) is -2.22. The Kier molecular flexibility index (Phi) is 5.79. The molecule has 1 rings (SSSR count). The fourth-order valence-electron chi connectivity index (χ4n) is 2.30. The highest BCUT2D eigenvalue weighted by atomic mass is 16.5. The smallest absolute Gasteiger partial charge is 0.397 e. The van der Waals surface area contributed by atoms with E-state index in [4.69, 9.17) is 9.47 Å². The van der Waals surface area contributed by atoms with Crippen molar-refractivity contribution >= 4 is 17.8 Å². The Balaban J connectivity index is 2.72. The maximum Gasteiger partial charge on any atom is 0.397 e. The van der Waals surface area contributed by atoms with Gasteiger partial charge in [0.25, 0.3) is 0 Å². The number of amides is 1. The van der Waals surface area contributed by atoms with Gasteiger partial charge in [-0.3, -0.25) is 9.59 Å². The topological polar surface area (TPSA) is 72.9 Å². The highest BCUT2D eigenvalue weighted by Crippen LogP contribution is 2.25. The van der Waals surface area contributed by atoms with Gasteiger partial charge in [0, 0.05) is 12.6 Å². The van der Waals surface area contributed by atoms with Crippen molar-refractivity contribution in [1.29, 1.82) is 0 Å². The second-order valence-corrected chi connectivity index (χ2v) is 4.46. The quantitative estimate of drug-likeness (QED) is 0.559. The molecule has 0 radical (unpaired) electrons. The minimum absolute atomic E-state index is 0.161. The van der Waals surface area contributed by atoms with Crippen molar-refractivity contribution in [1.82, 2.24) is 4.90 Å². The summed E-state index contributed by atoms with van der Waals surface area (Å²) in [6, 6.07) is -0.343. The zero-order valence-corrected chi connectivity index (χ0v) is 11.7. The number of carbonyl (C=O) groups excluding carboxylic acids is 3. The van der Waals surface area contributed by atoms with Crippen molar-refractivity contribution < 1.29 is 23.9 Å². The van der Waals surface area contributed by atoms with Crippen LogP contribution >= 0.6 is 0 Å². The van der Waals surface area contributed by atoms with Crippen molar-refractivity contribution in [3.63, 3.8) is 0 Å². The Morgan fingerprint density at radius 3 is 2.37 bits per heavy atom. The monoisotopic (exact) mass is 271 g/mol. The van der Waals surface area contributed by atoms with Crippen LogP contribution in [-0.4, -0.2) is 48.5 Å². The summed E-state index contributed by atoms with van der Waals surface area (Å²) >= 11 is 0. The van der Waals surface area contributed by atoms with Crippen molar-refractivity contribution in [2.24, 2.45) is 5.92 Å². The van der Waals surface area contributed by atoms with Crippen LogP contribution in [0.5, 0.6) is 0 Å². The second-order valence-electron chi connectivity index (χ2n) is 4.46. The molecule has 0 N–H and O–H groups in total. The van der Waals surface area contributed by atoms with Crippen LogP contribution in [0.4, 0.5) is 0 Å². The standard InChI is InChI=1S/C13H21NO5/c1-4-18-12(16)10-7-6-8-14(9(10)3)11(15)13(17)19-5-2/h9-10H,4-8H2,1-3H3.